The van der Waals surface area contributed by atoms with E-state index in [2.05, 4.69) is 0 Å². The van der Waals surface area contributed by atoms with Gasteiger partial charge in [-0.05, 0) is 42.3 Å². The summed E-state index contributed by atoms with van der Waals surface area (Å²) >= 11 is 0. The Bertz CT molecular complexity index is 581. The van der Waals surface area contributed by atoms with Gasteiger partial charge >= 0.3 is 0 Å². The molecule has 2 aromatic rings. The molecule has 0 spiro atoms. The highest BCUT2D eigenvalue weighted by Crippen LogP contribution is 2.23. The molecular weight excluding hydrogens is 283 g/mol. The van der Waals surface area contributed by atoms with Crippen LogP contribution < -0.4 is 9.47 Å². The summed E-state index contributed by atoms with van der Waals surface area (Å²) in [5.74, 6) is 1.28. The molecule has 0 N–H and O–H groups in total. The molecule has 0 atom stereocenters. The first kappa shape index (κ1) is 16.3. The second-order valence-corrected chi connectivity index (χ2v) is 5.09. The second-order valence-electron chi connectivity index (χ2n) is 5.09. The summed E-state index contributed by atoms with van der Waals surface area (Å²) in [5, 5.41) is 0. The maximum absolute atomic E-state index is 12.9. The third-order valence-corrected chi connectivity index (χ3v) is 3.10. The van der Waals surface area contributed by atoms with E-state index in [1.807, 2.05) is 25.1 Å². The Labute approximate surface area is 130 Å². The first-order chi connectivity index (χ1) is 10.7. The lowest BCUT2D eigenvalue weighted by Crippen LogP contribution is -2.02. The maximum atomic E-state index is 12.9. The molecule has 0 amide bonds. The van der Waals surface area contributed by atoms with Gasteiger partial charge in [-0.25, -0.2) is 4.39 Å². The normalized spacial score (nSPS) is 10.5. The van der Waals surface area contributed by atoms with Gasteiger partial charge in [0.2, 0.25) is 0 Å². The van der Waals surface area contributed by atoms with Gasteiger partial charge in [-0.3, -0.25) is 0 Å². The van der Waals surface area contributed by atoms with Crippen molar-refractivity contribution in [2.75, 3.05) is 20.3 Å². The number of aryl methyl sites for hydroxylation is 1. The predicted octanol–water partition coefficient (Wildman–Crippen LogP) is 4.13. The van der Waals surface area contributed by atoms with Crippen LogP contribution in [0.1, 0.15) is 17.5 Å². The highest BCUT2D eigenvalue weighted by atomic mass is 19.1. The van der Waals surface area contributed by atoms with E-state index in [1.54, 1.807) is 19.2 Å². The fraction of sp³-hybridized carbons (Fsp3) is 0.333. The summed E-state index contributed by atoms with van der Waals surface area (Å²) in [6.07, 6.45) is 0.843. The zero-order chi connectivity index (χ0) is 15.8. The molecule has 2 rings (SSSR count). The van der Waals surface area contributed by atoms with Crippen molar-refractivity contribution in [3.05, 3.63) is 59.4 Å². The Hall–Kier alpha value is -2.07. The molecule has 0 fully saturated rings. The molecule has 3 nitrogen and oxygen atoms in total. The molecule has 0 bridgehead atoms. The van der Waals surface area contributed by atoms with Crippen LogP contribution in [0.4, 0.5) is 4.39 Å². The van der Waals surface area contributed by atoms with Gasteiger partial charge in [0.25, 0.3) is 0 Å². The standard InChI is InChI=1S/C18H21FO3/c1-14-10-17(21-9-3-8-20-2)12-18(11-14)22-13-15-4-6-16(19)7-5-15/h4-7,10-12H,3,8-9,13H2,1-2H3. The zero-order valence-electron chi connectivity index (χ0n) is 13.0. The van der Waals surface area contributed by atoms with Crippen LogP contribution in [-0.4, -0.2) is 20.3 Å². The Morgan fingerprint density at radius 3 is 2.27 bits per heavy atom. The number of methoxy groups -OCH3 is 1. The number of halogens is 1. The highest BCUT2D eigenvalue weighted by Gasteiger charge is 2.02. The second kappa shape index (κ2) is 8.39. The predicted molar refractivity (Wildman–Crippen MR) is 83.9 cm³/mol. The highest BCUT2D eigenvalue weighted by molar-refractivity contribution is 5.38. The molecule has 0 heterocycles. The van der Waals surface area contributed by atoms with Crippen molar-refractivity contribution < 1.29 is 18.6 Å². The summed E-state index contributed by atoms with van der Waals surface area (Å²) in [5.41, 5.74) is 1.99. The fourth-order valence-corrected chi connectivity index (χ4v) is 2.02. The van der Waals surface area contributed by atoms with Gasteiger partial charge in [0.1, 0.15) is 23.9 Å². The molecule has 0 saturated carbocycles. The van der Waals surface area contributed by atoms with Crippen LogP contribution in [0, 0.1) is 12.7 Å². The molecule has 0 saturated heterocycles. The lowest BCUT2D eigenvalue weighted by molar-refractivity contribution is 0.172. The first-order valence-corrected chi connectivity index (χ1v) is 7.28. The van der Waals surface area contributed by atoms with Crippen molar-refractivity contribution >= 4 is 0 Å². The number of ether oxygens (including phenoxy) is 3. The van der Waals surface area contributed by atoms with Crippen molar-refractivity contribution in [1.29, 1.82) is 0 Å². The summed E-state index contributed by atoms with van der Waals surface area (Å²) in [7, 11) is 1.67. The molecule has 0 aromatic heterocycles. The molecule has 4 heteroatoms. The molecule has 0 aliphatic heterocycles. The molecule has 22 heavy (non-hydrogen) atoms. The molecule has 0 radical (unpaired) electrons. The molecule has 0 aliphatic carbocycles. The van der Waals surface area contributed by atoms with Gasteiger partial charge < -0.3 is 14.2 Å². The minimum atomic E-state index is -0.244. The van der Waals surface area contributed by atoms with E-state index < -0.39 is 0 Å². The Kier molecular flexibility index (Phi) is 6.22. The number of benzene rings is 2. The van der Waals surface area contributed by atoms with E-state index in [-0.39, 0.29) is 5.82 Å². The summed E-state index contributed by atoms with van der Waals surface area (Å²) in [6, 6.07) is 12.1. The first-order valence-electron chi connectivity index (χ1n) is 7.28. The third-order valence-electron chi connectivity index (χ3n) is 3.10. The third kappa shape index (κ3) is 5.37. The van der Waals surface area contributed by atoms with Gasteiger partial charge in [0.15, 0.2) is 0 Å². The van der Waals surface area contributed by atoms with Crippen molar-refractivity contribution in [1.82, 2.24) is 0 Å². The van der Waals surface area contributed by atoms with Crippen LogP contribution >= 0.6 is 0 Å². The largest absolute Gasteiger partial charge is 0.493 e. The topological polar surface area (TPSA) is 27.7 Å². The quantitative estimate of drug-likeness (QED) is 0.686. The minimum absolute atomic E-state index is 0.244. The van der Waals surface area contributed by atoms with Crippen molar-refractivity contribution in [2.45, 2.75) is 20.0 Å². The van der Waals surface area contributed by atoms with E-state index in [0.717, 1.165) is 29.0 Å². The van der Waals surface area contributed by atoms with Crippen molar-refractivity contribution in [3.8, 4) is 11.5 Å². The van der Waals surface area contributed by atoms with E-state index in [1.165, 1.54) is 12.1 Å². The van der Waals surface area contributed by atoms with E-state index in [9.17, 15) is 4.39 Å². The van der Waals surface area contributed by atoms with E-state index in [0.29, 0.717) is 19.8 Å². The molecule has 0 aliphatic rings. The Morgan fingerprint density at radius 1 is 0.909 bits per heavy atom. The Morgan fingerprint density at radius 2 is 1.59 bits per heavy atom. The molecular formula is C18H21FO3. The lowest BCUT2D eigenvalue weighted by atomic mass is 10.2. The van der Waals surface area contributed by atoms with Crippen LogP contribution in [0.3, 0.4) is 0 Å². The van der Waals surface area contributed by atoms with Gasteiger partial charge in [-0.2, -0.15) is 0 Å². The molecule has 0 unspecified atom stereocenters. The van der Waals surface area contributed by atoms with Crippen LogP contribution in [0.25, 0.3) is 0 Å². The molecule has 118 valence electrons. The smallest absolute Gasteiger partial charge is 0.123 e. The summed E-state index contributed by atoms with van der Waals surface area (Å²) < 4.78 is 29.3. The van der Waals surface area contributed by atoms with Gasteiger partial charge in [0, 0.05) is 26.2 Å². The Balaban J connectivity index is 1.92. The van der Waals surface area contributed by atoms with Crippen LogP contribution in [0.2, 0.25) is 0 Å². The number of rotatable bonds is 8. The fourth-order valence-electron chi connectivity index (χ4n) is 2.02. The van der Waals surface area contributed by atoms with Crippen molar-refractivity contribution in [2.24, 2.45) is 0 Å². The number of hydrogen-bond donors (Lipinski definition) is 0. The monoisotopic (exact) mass is 304 g/mol. The van der Waals surface area contributed by atoms with Crippen LogP contribution in [0.15, 0.2) is 42.5 Å². The summed E-state index contributed by atoms with van der Waals surface area (Å²) in [6.45, 7) is 3.67. The van der Waals surface area contributed by atoms with Gasteiger partial charge in [0.05, 0.1) is 6.61 Å². The van der Waals surface area contributed by atoms with Crippen LogP contribution in [0.5, 0.6) is 11.5 Å². The molecule has 2 aromatic carbocycles. The van der Waals surface area contributed by atoms with Crippen molar-refractivity contribution in [3.63, 3.8) is 0 Å². The maximum Gasteiger partial charge on any atom is 0.123 e. The van der Waals surface area contributed by atoms with E-state index >= 15 is 0 Å². The van der Waals surface area contributed by atoms with Crippen LogP contribution in [-0.2, 0) is 11.3 Å². The zero-order valence-corrected chi connectivity index (χ0v) is 13.0. The van der Waals surface area contributed by atoms with Gasteiger partial charge in [-0.15, -0.1) is 0 Å². The average molecular weight is 304 g/mol. The SMILES string of the molecule is COCCCOc1cc(C)cc(OCc2ccc(F)cc2)c1. The minimum Gasteiger partial charge on any atom is -0.493 e. The summed E-state index contributed by atoms with van der Waals surface area (Å²) in [4.78, 5) is 0. The van der Waals surface area contributed by atoms with E-state index in [4.69, 9.17) is 14.2 Å². The van der Waals surface area contributed by atoms with Gasteiger partial charge in [-0.1, -0.05) is 12.1 Å². The average Bonchev–Trinajstić information content (AvgIpc) is 2.51. The number of hydrogen-bond acceptors (Lipinski definition) is 3. The lowest BCUT2D eigenvalue weighted by Gasteiger charge is -2.11.